The van der Waals surface area contributed by atoms with Gasteiger partial charge in [0, 0.05) is 27.7 Å². The maximum atomic E-state index is 12.2. The van der Waals surface area contributed by atoms with E-state index in [1.54, 1.807) is 0 Å². The van der Waals surface area contributed by atoms with Crippen LogP contribution in [0.25, 0.3) is 0 Å². The molecule has 4 atom stereocenters. The normalized spacial score (nSPS) is 17.7. The van der Waals surface area contributed by atoms with Crippen LogP contribution >= 0.6 is 12.4 Å². The zero-order valence-electron chi connectivity index (χ0n) is 15.6. The largest absolute Gasteiger partial charge is 0.423 e. The standard InChI is InChI=1S/C14H20O14.ClH/c1-6(16)25-11(21)13(23,27-8(3)18)14(24,28-9(4)19)12(22,10(20)5-15)26-7(2)17;/h10,15,20,22-24H,5H2,1-4H3;1H/t10-,12+,13-,14-;/m1./s1. The fraction of sp³-hybridized carbons (Fsp3) is 0.643. The molecule has 0 aliphatic carbocycles. The van der Waals surface area contributed by atoms with Gasteiger partial charge in [0.2, 0.25) is 0 Å². The molecule has 0 aromatic rings. The second kappa shape index (κ2) is 10.4. The van der Waals surface area contributed by atoms with Gasteiger partial charge in [-0.25, -0.2) is 4.79 Å². The van der Waals surface area contributed by atoms with Crippen molar-refractivity contribution >= 4 is 42.3 Å². The van der Waals surface area contributed by atoms with Crippen LogP contribution < -0.4 is 0 Å². The molecule has 0 heterocycles. The molecule has 0 spiro atoms. The maximum Gasteiger partial charge on any atom is 0.395 e. The van der Waals surface area contributed by atoms with Crippen LogP contribution in [0.3, 0.4) is 0 Å². The van der Waals surface area contributed by atoms with Crippen LogP contribution in [0.15, 0.2) is 0 Å². The van der Waals surface area contributed by atoms with Crippen molar-refractivity contribution in [3.05, 3.63) is 0 Å². The van der Waals surface area contributed by atoms with Crippen molar-refractivity contribution in [3.8, 4) is 0 Å². The van der Waals surface area contributed by atoms with E-state index in [1.165, 1.54) is 0 Å². The zero-order chi connectivity index (χ0) is 22.5. The molecule has 168 valence electrons. The van der Waals surface area contributed by atoms with Crippen molar-refractivity contribution in [2.24, 2.45) is 0 Å². The predicted molar refractivity (Wildman–Crippen MR) is 87.3 cm³/mol. The van der Waals surface area contributed by atoms with E-state index < -0.39 is 59.9 Å². The molecule has 0 unspecified atom stereocenters. The third-order valence-corrected chi connectivity index (χ3v) is 2.96. The van der Waals surface area contributed by atoms with Crippen molar-refractivity contribution in [1.29, 1.82) is 0 Å². The van der Waals surface area contributed by atoms with E-state index in [0.717, 1.165) is 0 Å². The lowest BCUT2D eigenvalue weighted by atomic mass is 9.90. The zero-order valence-corrected chi connectivity index (χ0v) is 16.4. The molecule has 5 N–H and O–H groups in total. The number of ether oxygens (including phenoxy) is 4. The first-order valence-electron chi connectivity index (χ1n) is 7.35. The SMILES string of the molecule is CC(=O)OC(=O)[C@@](O)(OC(C)=O)[C@](O)(OC(C)=O)[C@@](O)(OC(C)=O)[C@H](O)CO.Cl. The summed E-state index contributed by atoms with van der Waals surface area (Å²) in [5.74, 6) is -21.0. The lowest BCUT2D eigenvalue weighted by Crippen LogP contribution is -2.78. The number of carbonyl (C=O) groups excluding carboxylic acids is 5. The van der Waals surface area contributed by atoms with Crippen molar-refractivity contribution in [3.63, 3.8) is 0 Å². The van der Waals surface area contributed by atoms with Gasteiger partial charge in [0.25, 0.3) is 0 Å². The minimum atomic E-state index is -4.34. The molecule has 0 fully saturated rings. The lowest BCUT2D eigenvalue weighted by molar-refractivity contribution is -0.453. The minimum Gasteiger partial charge on any atom is -0.423 e. The van der Waals surface area contributed by atoms with E-state index in [1.807, 2.05) is 0 Å². The summed E-state index contributed by atoms with van der Waals surface area (Å²) in [6.45, 7) is 0.896. The summed E-state index contributed by atoms with van der Waals surface area (Å²) in [5, 5.41) is 50.7. The van der Waals surface area contributed by atoms with Crippen LogP contribution in [0.1, 0.15) is 27.7 Å². The molecule has 14 nitrogen and oxygen atoms in total. The number of aliphatic hydroxyl groups excluding tert-OH is 2. The first kappa shape index (κ1) is 28.8. The molecule has 29 heavy (non-hydrogen) atoms. The summed E-state index contributed by atoms with van der Waals surface area (Å²) in [6, 6.07) is 0. The molecule has 0 saturated heterocycles. The second-order valence-corrected chi connectivity index (χ2v) is 5.34. The topological polar surface area (TPSA) is 223 Å². The third-order valence-electron chi connectivity index (χ3n) is 2.96. The Kier molecular flexibility index (Phi) is 10.4. The second-order valence-electron chi connectivity index (χ2n) is 5.34. The number of esters is 5. The fourth-order valence-corrected chi connectivity index (χ4v) is 1.96. The Morgan fingerprint density at radius 2 is 1.21 bits per heavy atom. The molecule has 0 aliphatic rings. The predicted octanol–water partition coefficient (Wildman–Crippen LogP) is -3.39. The molecule has 0 bridgehead atoms. The maximum absolute atomic E-state index is 12.2. The average molecular weight is 449 g/mol. The van der Waals surface area contributed by atoms with Crippen LogP contribution in [0.5, 0.6) is 0 Å². The Labute approximate surface area is 169 Å². The van der Waals surface area contributed by atoms with Gasteiger partial charge < -0.3 is 44.5 Å². The number of rotatable bonds is 8. The van der Waals surface area contributed by atoms with Crippen molar-refractivity contribution in [1.82, 2.24) is 0 Å². The van der Waals surface area contributed by atoms with E-state index in [2.05, 4.69) is 18.9 Å². The van der Waals surface area contributed by atoms with Gasteiger partial charge >= 0.3 is 47.2 Å². The monoisotopic (exact) mass is 448 g/mol. The summed E-state index contributed by atoms with van der Waals surface area (Å²) in [7, 11) is 0. The molecular formula is C14H21ClO14. The Morgan fingerprint density at radius 1 is 0.793 bits per heavy atom. The van der Waals surface area contributed by atoms with Gasteiger partial charge in [-0.1, -0.05) is 0 Å². The fourth-order valence-electron chi connectivity index (χ4n) is 1.96. The summed E-state index contributed by atoms with van der Waals surface area (Å²) < 4.78 is 16.8. The van der Waals surface area contributed by atoms with Crippen molar-refractivity contribution in [2.45, 2.75) is 51.2 Å². The van der Waals surface area contributed by atoms with Crippen LogP contribution in [0.2, 0.25) is 0 Å². The summed E-state index contributed by atoms with van der Waals surface area (Å²) in [5.41, 5.74) is 0. The van der Waals surface area contributed by atoms with E-state index in [4.69, 9.17) is 5.11 Å². The van der Waals surface area contributed by atoms with E-state index in [-0.39, 0.29) is 12.4 Å². The summed E-state index contributed by atoms with van der Waals surface area (Å²) in [4.78, 5) is 57.3. The van der Waals surface area contributed by atoms with Crippen LogP contribution in [0.4, 0.5) is 0 Å². The van der Waals surface area contributed by atoms with Gasteiger partial charge in [0.15, 0.2) is 0 Å². The number of hydrogen-bond donors (Lipinski definition) is 5. The highest BCUT2D eigenvalue weighted by atomic mass is 35.5. The molecule has 0 amide bonds. The highest BCUT2D eigenvalue weighted by molar-refractivity contribution is 5.91. The van der Waals surface area contributed by atoms with Gasteiger partial charge in [-0.15, -0.1) is 12.4 Å². The van der Waals surface area contributed by atoms with Gasteiger partial charge in [0.1, 0.15) is 6.10 Å². The Balaban J connectivity index is 0. The quantitative estimate of drug-likeness (QED) is 0.106. The highest BCUT2D eigenvalue weighted by Gasteiger charge is 2.77. The first-order valence-corrected chi connectivity index (χ1v) is 7.35. The van der Waals surface area contributed by atoms with Gasteiger partial charge in [-0.05, 0) is 0 Å². The average Bonchev–Trinajstić information content (AvgIpc) is 2.50. The number of aliphatic hydroxyl groups is 5. The third kappa shape index (κ3) is 6.06. The molecular weight excluding hydrogens is 428 g/mol. The van der Waals surface area contributed by atoms with Crippen LogP contribution in [-0.4, -0.2) is 85.5 Å². The molecule has 15 heteroatoms. The Hall–Kier alpha value is -2.36. The van der Waals surface area contributed by atoms with E-state index >= 15 is 0 Å². The van der Waals surface area contributed by atoms with Gasteiger partial charge in [0.05, 0.1) is 6.61 Å². The number of halogens is 1. The Morgan fingerprint density at radius 3 is 1.52 bits per heavy atom. The minimum absolute atomic E-state index is 0. The van der Waals surface area contributed by atoms with Crippen molar-refractivity contribution < 1.29 is 68.5 Å². The Bertz CT molecular complexity index is 665. The first-order chi connectivity index (χ1) is 12.6. The van der Waals surface area contributed by atoms with E-state index in [9.17, 15) is 44.4 Å². The summed E-state index contributed by atoms with van der Waals surface area (Å²) in [6.07, 6.45) is -2.76. The molecule has 0 rings (SSSR count). The summed E-state index contributed by atoms with van der Waals surface area (Å²) >= 11 is 0. The molecule has 0 aromatic heterocycles. The number of hydrogen-bond acceptors (Lipinski definition) is 14. The van der Waals surface area contributed by atoms with Crippen LogP contribution in [0, 0.1) is 0 Å². The highest BCUT2D eigenvalue weighted by Crippen LogP contribution is 2.40. The molecule has 0 aromatic carbocycles. The molecule has 0 saturated carbocycles. The molecule has 0 aliphatic heterocycles. The van der Waals surface area contributed by atoms with Crippen molar-refractivity contribution in [2.75, 3.05) is 6.61 Å². The van der Waals surface area contributed by atoms with Crippen LogP contribution in [-0.2, 0) is 42.9 Å². The lowest BCUT2D eigenvalue weighted by Gasteiger charge is -2.47. The van der Waals surface area contributed by atoms with E-state index in [0.29, 0.717) is 27.7 Å². The van der Waals surface area contributed by atoms with Gasteiger partial charge in [-0.2, -0.15) is 0 Å². The smallest absolute Gasteiger partial charge is 0.395 e. The van der Waals surface area contributed by atoms with Gasteiger partial charge in [-0.3, -0.25) is 19.2 Å². The number of carbonyl (C=O) groups is 5. The molecule has 0 radical (unpaired) electrons.